The third-order valence-electron chi connectivity index (χ3n) is 4.11. The molecule has 28 heavy (non-hydrogen) atoms. The second-order valence-corrected chi connectivity index (χ2v) is 6.94. The van der Waals surface area contributed by atoms with Crippen molar-refractivity contribution in [2.45, 2.75) is 38.8 Å². The van der Waals surface area contributed by atoms with Gasteiger partial charge >= 0.3 is 5.97 Å². The van der Waals surface area contributed by atoms with Crippen LogP contribution in [0.1, 0.15) is 40.7 Å². The Morgan fingerprint density at radius 2 is 1.75 bits per heavy atom. The van der Waals surface area contributed by atoms with Crippen LogP contribution in [0.3, 0.4) is 0 Å². The first-order valence-corrected chi connectivity index (χ1v) is 9.97. The number of para-hydroxylation sites is 1. The van der Waals surface area contributed by atoms with E-state index in [4.69, 9.17) is 4.74 Å². The smallest absolute Gasteiger partial charge is 0.306 e. The molecule has 0 aliphatic carbocycles. The number of nitrogens with zero attached hydrogens (tertiary/aromatic N) is 2. The molecule has 0 bridgehead atoms. The van der Waals surface area contributed by atoms with Gasteiger partial charge in [0.1, 0.15) is 0 Å². The van der Waals surface area contributed by atoms with Crippen molar-refractivity contribution in [3.05, 3.63) is 46.8 Å². The summed E-state index contributed by atoms with van der Waals surface area (Å²) in [6, 6.07) is 6.67. The molecule has 2 aromatic rings. The van der Waals surface area contributed by atoms with Crippen molar-refractivity contribution in [3.63, 3.8) is 0 Å². The minimum atomic E-state index is -0.498. The molecule has 8 heteroatoms. The van der Waals surface area contributed by atoms with E-state index in [1.54, 1.807) is 24.3 Å². The molecular formula is C20H23N3O4S. The highest BCUT2D eigenvalue weighted by Gasteiger charge is 2.14. The number of hydrogen-bond donors (Lipinski definition) is 1. The summed E-state index contributed by atoms with van der Waals surface area (Å²) in [5, 5.41) is 3.29. The van der Waals surface area contributed by atoms with E-state index < -0.39 is 18.5 Å². The van der Waals surface area contributed by atoms with Crippen LogP contribution in [0.5, 0.6) is 0 Å². The fraction of sp³-hybridized carbons (Fsp3) is 0.350. The van der Waals surface area contributed by atoms with Crippen LogP contribution in [0.25, 0.3) is 0 Å². The highest BCUT2D eigenvalue weighted by molar-refractivity contribution is 7.98. The van der Waals surface area contributed by atoms with E-state index in [0.29, 0.717) is 22.8 Å². The number of rotatable bonds is 8. The number of aromatic nitrogens is 2. The quantitative estimate of drug-likeness (QED) is 0.314. The number of nitrogens with one attached hydrogen (secondary N) is 1. The molecule has 1 N–H and O–H groups in total. The number of thioether (sulfide) groups is 1. The van der Waals surface area contributed by atoms with Gasteiger partial charge in [0.05, 0.1) is 5.69 Å². The molecule has 7 nitrogen and oxygen atoms in total. The molecule has 0 saturated heterocycles. The molecule has 0 saturated carbocycles. The third-order valence-corrected chi connectivity index (χ3v) is 4.65. The van der Waals surface area contributed by atoms with Gasteiger partial charge in [-0.25, -0.2) is 9.97 Å². The average Bonchev–Trinajstić information content (AvgIpc) is 2.65. The molecule has 0 spiro atoms. The topological polar surface area (TPSA) is 98.2 Å². The second kappa shape index (κ2) is 9.98. The van der Waals surface area contributed by atoms with Crippen LogP contribution in [0.2, 0.25) is 0 Å². The van der Waals surface area contributed by atoms with Crippen LogP contribution in [-0.4, -0.2) is 40.5 Å². The lowest BCUT2D eigenvalue weighted by atomic mass is 10.1. The monoisotopic (exact) mass is 401 g/mol. The van der Waals surface area contributed by atoms with E-state index in [1.807, 2.05) is 20.1 Å². The number of aryl methyl sites for hydroxylation is 2. The van der Waals surface area contributed by atoms with E-state index in [0.717, 1.165) is 17.0 Å². The maximum absolute atomic E-state index is 12.0. The van der Waals surface area contributed by atoms with E-state index in [1.165, 1.54) is 18.7 Å². The predicted octanol–water partition coefficient (Wildman–Crippen LogP) is 3.13. The first-order valence-electron chi connectivity index (χ1n) is 8.75. The summed E-state index contributed by atoms with van der Waals surface area (Å²) in [7, 11) is 0. The van der Waals surface area contributed by atoms with Crippen LogP contribution >= 0.6 is 11.8 Å². The summed E-state index contributed by atoms with van der Waals surface area (Å²) in [6.45, 7) is 4.78. The average molecular weight is 401 g/mol. The number of ketones is 1. The van der Waals surface area contributed by atoms with E-state index >= 15 is 0 Å². The number of anilines is 1. The number of carbonyl (C=O) groups excluding carboxylic acids is 3. The molecule has 1 aromatic heterocycles. The number of benzene rings is 1. The zero-order valence-corrected chi connectivity index (χ0v) is 17.2. The highest BCUT2D eigenvalue weighted by Crippen LogP contribution is 2.18. The Kier molecular flexibility index (Phi) is 7.69. The van der Waals surface area contributed by atoms with Crippen LogP contribution in [-0.2, 0) is 20.7 Å². The minimum Gasteiger partial charge on any atom is -0.456 e. The van der Waals surface area contributed by atoms with Crippen molar-refractivity contribution in [2.75, 3.05) is 18.2 Å². The zero-order valence-electron chi connectivity index (χ0n) is 16.4. The van der Waals surface area contributed by atoms with Gasteiger partial charge in [0.2, 0.25) is 0 Å². The number of ether oxygens (including phenoxy) is 1. The van der Waals surface area contributed by atoms with Gasteiger partial charge in [-0.1, -0.05) is 23.9 Å². The molecule has 0 aliphatic heterocycles. The summed E-state index contributed by atoms with van der Waals surface area (Å²) in [5.41, 5.74) is 3.39. The van der Waals surface area contributed by atoms with E-state index in [2.05, 4.69) is 15.3 Å². The molecule has 148 valence electrons. The van der Waals surface area contributed by atoms with Crippen LogP contribution in [0.4, 0.5) is 5.69 Å². The van der Waals surface area contributed by atoms with Crippen molar-refractivity contribution in [1.82, 2.24) is 9.97 Å². The van der Waals surface area contributed by atoms with Gasteiger partial charge in [0, 0.05) is 23.4 Å². The SMILES string of the molecule is CSc1nc(C)c(CCC(=O)OCC(=O)Nc2ccccc2C(C)=O)c(C)n1. The van der Waals surface area contributed by atoms with Gasteiger partial charge in [-0.05, 0) is 51.1 Å². The lowest BCUT2D eigenvalue weighted by Gasteiger charge is -2.11. The van der Waals surface area contributed by atoms with Crippen molar-refractivity contribution < 1.29 is 19.1 Å². The van der Waals surface area contributed by atoms with Gasteiger partial charge < -0.3 is 10.1 Å². The van der Waals surface area contributed by atoms with Gasteiger partial charge in [0.15, 0.2) is 17.5 Å². The Morgan fingerprint density at radius 3 is 2.36 bits per heavy atom. The molecule has 0 fully saturated rings. The predicted molar refractivity (Wildman–Crippen MR) is 108 cm³/mol. The molecule has 2 rings (SSSR count). The zero-order chi connectivity index (χ0) is 20.7. The number of carbonyl (C=O) groups is 3. The Bertz CT molecular complexity index is 876. The maximum atomic E-state index is 12.0. The molecule has 0 aliphatic rings. The molecule has 1 amide bonds. The van der Waals surface area contributed by atoms with Gasteiger partial charge in [-0.15, -0.1) is 0 Å². The van der Waals surface area contributed by atoms with E-state index in [9.17, 15) is 14.4 Å². The molecule has 0 radical (unpaired) electrons. The number of hydrogen-bond acceptors (Lipinski definition) is 7. The maximum Gasteiger partial charge on any atom is 0.306 e. The standard InChI is InChI=1S/C20H23N3O4S/c1-12-15(13(2)22-20(21-12)28-4)9-10-19(26)27-11-18(25)23-17-8-6-5-7-16(17)14(3)24/h5-8H,9-11H2,1-4H3,(H,23,25). The fourth-order valence-electron chi connectivity index (χ4n) is 2.69. The normalized spacial score (nSPS) is 10.4. The second-order valence-electron chi connectivity index (χ2n) is 6.17. The molecule has 1 heterocycles. The van der Waals surface area contributed by atoms with Gasteiger partial charge in [-0.3, -0.25) is 14.4 Å². The number of amides is 1. The number of Topliss-reactive ketones (excluding diaryl/α,β-unsaturated/α-hetero) is 1. The van der Waals surface area contributed by atoms with Crippen molar-refractivity contribution >= 4 is 35.1 Å². The first-order chi connectivity index (χ1) is 13.3. The molecule has 0 unspecified atom stereocenters. The summed E-state index contributed by atoms with van der Waals surface area (Å²) in [4.78, 5) is 44.4. The largest absolute Gasteiger partial charge is 0.456 e. The van der Waals surface area contributed by atoms with Crippen LogP contribution in [0, 0.1) is 13.8 Å². The third kappa shape index (κ3) is 5.88. The summed E-state index contributed by atoms with van der Waals surface area (Å²) >= 11 is 1.47. The van der Waals surface area contributed by atoms with Gasteiger partial charge in [-0.2, -0.15) is 0 Å². The van der Waals surface area contributed by atoms with Crippen LogP contribution < -0.4 is 5.32 Å². The Morgan fingerprint density at radius 1 is 1.11 bits per heavy atom. The van der Waals surface area contributed by atoms with Gasteiger partial charge in [0.25, 0.3) is 5.91 Å². The minimum absolute atomic E-state index is 0.126. The summed E-state index contributed by atoms with van der Waals surface area (Å²) in [6.07, 6.45) is 2.48. The van der Waals surface area contributed by atoms with Crippen molar-refractivity contribution in [1.29, 1.82) is 0 Å². The lowest BCUT2D eigenvalue weighted by molar-refractivity contribution is -0.147. The Hall–Kier alpha value is -2.74. The first kappa shape index (κ1) is 21.6. The summed E-state index contributed by atoms with van der Waals surface area (Å²) < 4.78 is 5.04. The van der Waals surface area contributed by atoms with E-state index in [-0.39, 0.29) is 12.2 Å². The number of esters is 1. The Balaban J connectivity index is 1.86. The summed E-state index contributed by atoms with van der Waals surface area (Å²) in [5.74, 6) is -1.14. The Labute approximate surface area is 168 Å². The van der Waals surface area contributed by atoms with Crippen molar-refractivity contribution in [2.24, 2.45) is 0 Å². The molecular weight excluding hydrogens is 378 g/mol. The van der Waals surface area contributed by atoms with Crippen LogP contribution in [0.15, 0.2) is 29.4 Å². The molecule has 0 atom stereocenters. The fourth-order valence-corrected chi connectivity index (χ4v) is 3.15. The lowest BCUT2D eigenvalue weighted by Crippen LogP contribution is -2.22. The molecule has 1 aromatic carbocycles. The highest BCUT2D eigenvalue weighted by atomic mass is 32.2. The van der Waals surface area contributed by atoms with Crippen molar-refractivity contribution in [3.8, 4) is 0 Å².